The molecule has 0 unspecified atom stereocenters. The Morgan fingerprint density at radius 3 is 2.09 bits per heavy atom. The zero-order chi connectivity index (χ0) is 22.2. The zero-order valence-electron chi connectivity index (χ0n) is 18.7. The van der Waals surface area contributed by atoms with Crippen molar-refractivity contribution in [3.63, 3.8) is 0 Å². The summed E-state index contributed by atoms with van der Waals surface area (Å²) in [6, 6.07) is 43.8. The van der Waals surface area contributed by atoms with Crippen LogP contribution in [0.25, 0.3) is 38.6 Å². The van der Waals surface area contributed by atoms with Gasteiger partial charge in [0.05, 0.1) is 11.0 Å². The van der Waals surface area contributed by atoms with Gasteiger partial charge < -0.3 is 4.57 Å². The summed E-state index contributed by atoms with van der Waals surface area (Å²) in [5.74, 6) is 0. The Labute approximate surface area is 194 Å². The summed E-state index contributed by atoms with van der Waals surface area (Å²) in [7, 11) is 0. The first-order valence-electron chi connectivity index (χ1n) is 11.5. The average molecular weight is 424 g/mol. The van der Waals surface area contributed by atoms with E-state index >= 15 is 0 Å². The summed E-state index contributed by atoms with van der Waals surface area (Å²) in [5, 5.41) is 2.66. The van der Waals surface area contributed by atoms with Crippen molar-refractivity contribution in [2.75, 3.05) is 0 Å². The van der Waals surface area contributed by atoms with E-state index < -0.39 is 0 Å². The fraction of sp³-hybridized carbons (Fsp3) is 0.0625. The van der Waals surface area contributed by atoms with Crippen molar-refractivity contribution in [2.45, 2.75) is 13.3 Å². The molecule has 0 aliphatic rings. The van der Waals surface area contributed by atoms with E-state index in [1.165, 1.54) is 55.3 Å². The van der Waals surface area contributed by atoms with Crippen LogP contribution < -0.4 is 0 Å². The van der Waals surface area contributed by atoms with Crippen LogP contribution >= 0.6 is 0 Å². The Balaban J connectivity index is 1.56. The van der Waals surface area contributed by atoms with Gasteiger partial charge in [0.2, 0.25) is 0 Å². The second kappa shape index (κ2) is 8.11. The Bertz CT molecular complexity index is 1570. The van der Waals surface area contributed by atoms with Crippen molar-refractivity contribution in [2.24, 2.45) is 0 Å². The average Bonchev–Trinajstić information content (AvgIpc) is 3.20. The third-order valence-electron chi connectivity index (χ3n) is 6.53. The van der Waals surface area contributed by atoms with Gasteiger partial charge in [0.15, 0.2) is 0 Å². The first-order chi connectivity index (χ1) is 16.3. The maximum absolute atomic E-state index is 2.41. The lowest BCUT2D eigenvalue weighted by atomic mass is 10.0. The molecule has 1 heterocycles. The molecule has 33 heavy (non-hydrogen) atoms. The lowest BCUT2D eigenvalue weighted by Gasteiger charge is -2.11. The minimum absolute atomic E-state index is 0.943. The predicted octanol–water partition coefficient (Wildman–Crippen LogP) is 8.35. The van der Waals surface area contributed by atoms with Crippen LogP contribution in [-0.4, -0.2) is 4.57 Å². The highest BCUT2D eigenvalue weighted by Gasteiger charge is 2.15. The number of hydrogen-bond acceptors (Lipinski definition) is 0. The van der Waals surface area contributed by atoms with Crippen LogP contribution in [0.3, 0.4) is 0 Å². The van der Waals surface area contributed by atoms with Gasteiger partial charge in [0.25, 0.3) is 0 Å². The van der Waals surface area contributed by atoms with Gasteiger partial charge >= 0.3 is 0 Å². The zero-order valence-corrected chi connectivity index (χ0v) is 18.7. The fourth-order valence-electron chi connectivity index (χ4n) is 4.97. The van der Waals surface area contributed by atoms with Crippen molar-refractivity contribution < 1.29 is 0 Å². The molecule has 0 fully saturated rings. The summed E-state index contributed by atoms with van der Waals surface area (Å²) in [5.41, 5.74) is 10.2. The topological polar surface area (TPSA) is 4.93 Å². The van der Waals surface area contributed by atoms with E-state index in [0.29, 0.717) is 0 Å². The first-order valence-corrected chi connectivity index (χ1v) is 11.5. The van der Waals surface area contributed by atoms with Crippen molar-refractivity contribution in [3.05, 3.63) is 138 Å². The monoisotopic (exact) mass is 423 g/mol. The number of rotatable bonds is 4. The molecule has 0 saturated heterocycles. The molecular weight excluding hydrogens is 398 g/mol. The summed E-state index contributed by atoms with van der Waals surface area (Å²) in [4.78, 5) is 0. The Morgan fingerprint density at radius 2 is 1.27 bits per heavy atom. The van der Waals surface area contributed by atoms with Gasteiger partial charge in [-0.25, -0.2) is 0 Å². The van der Waals surface area contributed by atoms with Crippen molar-refractivity contribution in [3.8, 4) is 16.8 Å². The molecular formula is C32H25N. The van der Waals surface area contributed by atoms with E-state index in [0.717, 1.165) is 6.42 Å². The largest absolute Gasteiger partial charge is 0.309 e. The molecule has 0 radical (unpaired) electrons. The molecule has 1 nitrogen and oxygen atoms in total. The van der Waals surface area contributed by atoms with Gasteiger partial charge in [0.1, 0.15) is 0 Å². The predicted molar refractivity (Wildman–Crippen MR) is 140 cm³/mol. The molecule has 0 saturated carbocycles. The number of hydrogen-bond donors (Lipinski definition) is 0. The van der Waals surface area contributed by atoms with Crippen LogP contribution in [0.4, 0.5) is 0 Å². The molecule has 0 aliphatic carbocycles. The van der Waals surface area contributed by atoms with E-state index in [1.807, 2.05) is 0 Å². The fourth-order valence-corrected chi connectivity index (χ4v) is 4.97. The van der Waals surface area contributed by atoms with Crippen LogP contribution in [0.15, 0.2) is 121 Å². The molecule has 6 rings (SSSR count). The van der Waals surface area contributed by atoms with Crippen LogP contribution in [-0.2, 0) is 6.42 Å². The van der Waals surface area contributed by atoms with Gasteiger partial charge in [0, 0.05) is 16.5 Å². The van der Waals surface area contributed by atoms with Crippen molar-refractivity contribution in [1.82, 2.24) is 4.57 Å². The number of benzene rings is 5. The number of fused-ring (bicyclic) bond motifs is 3. The number of aryl methyl sites for hydroxylation is 1. The molecule has 5 aromatic carbocycles. The van der Waals surface area contributed by atoms with Gasteiger partial charge in [-0.3, -0.25) is 0 Å². The molecule has 0 spiro atoms. The molecule has 1 aromatic heterocycles. The van der Waals surface area contributed by atoms with Crippen LogP contribution in [0.1, 0.15) is 16.7 Å². The lowest BCUT2D eigenvalue weighted by Crippen LogP contribution is -1.95. The first kappa shape index (κ1) is 19.6. The highest BCUT2D eigenvalue weighted by atomic mass is 15.0. The van der Waals surface area contributed by atoms with Crippen LogP contribution in [0.2, 0.25) is 0 Å². The molecule has 158 valence electrons. The maximum Gasteiger partial charge on any atom is 0.0543 e. The van der Waals surface area contributed by atoms with E-state index in [-0.39, 0.29) is 0 Å². The SMILES string of the molecule is Cc1cccc2c1c1cc(Cc3ccccc3)ccc1n2-c1cccc(-c2ccccc2)c1. The Kier molecular flexibility index (Phi) is 4.81. The third kappa shape index (κ3) is 3.52. The van der Waals surface area contributed by atoms with E-state index in [4.69, 9.17) is 0 Å². The van der Waals surface area contributed by atoms with Crippen molar-refractivity contribution in [1.29, 1.82) is 0 Å². The van der Waals surface area contributed by atoms with E-state index in [2.05, 4.69) is 133 Å². The van der Waals surface area contributed by atoms with Gasteiger partial charge in [-0.05, 0) is 71.5 Å². The summed E-state index contributed by atoms with van der Waals surface area (Å²) in [6.07, 6.45) is 0.943. The number of nitrogens with zero attached hydrogens (tertiary/aromatic N) is 1. The quantitative estimate of drug-likeness (QED) is 0.268. The summed E-state index contributed by atoms with van der Waals surface area (Å²) in [6.45, 7) is 2.22. The van der Waals surface area contributed by atoms with Crippen molar-refractivity contribution >= 4 is 21.8 Å². The van der Waals surface area contributed by atoms with E-state index in [9.17, 15) is 0 Å². The molecule has 0 bridgehead atoms. The minimum atomic E-state index is 0.943. The third-order valence-corrected chi connectivity index (χ3v) is 6.53. The highest BCUT2D eigenvalue weighted by Crippen LogP contribution is 2.35. The molecule has 1 heteroatoms. The maximum atomic E-state index is 2.41. The normalized spacial score (nSPS) is 11.3. The number of aromatic nitrogens is 1. The lowest BCUT2D eigenvalue weighted by molar-refractivity contribution is 1.17. The van der Waals surface area contributed by atoms with Crippen LogP contribution in [0, 0.1) is 6.92 Å². The van der Waals surface area contributed by atoms with Gasteiger partial charge in [-0.15, -0.1) is 0 Å². The van der Waals surface area contributed by atoms with E-state index in [1.54, 1.807) is 0 Å². The minimum Gasteiger partial charge on any atom is -0.309 e. The highest BCUT2D eigenvalue weighted by molar-refractivity contribution is 6.11. The molecule has 6 aromatic rings. The molecule has 0 amide bonds. The summed E-state index contributed by atoms with van der Waals surface area (Å²) < 4.78 is 2.41. The Hall–Kier alpha value is -4.10. The molecule has 0 atom stereocenters. The molecule has 0 N–H and O–H groups in total. The van der Waals surface area contributed by atoms with Gasteiger partial charge in [-0.1, -0.05) is 91.0 Å². The Morgan fingerprint density at radius 1 is 0.545 bits per heavy atom. The smallest absolute Gasteiger partial charge is 0.0543 e. The van der Waals surface area contributed by atoms with Gasteiger partial charge in [-0.2, -0.15) is 0 Å². The standard InChI is InChI=1S/C32H25N/c1-23-10-8-17-31-32(23)29-21-25(20-24-11-4-2-5-12-24)18-19-30(29)33(31)28-16-9-15-27(22-28)26-13-6-3-7-14-26/h2-19,21-22H,20H2,1H3. The second-order valence-corrected chi connectivity index (χ2v) is 8.73. The van der Waals surface area contributed by atoms with Crippen LogP contribution in [0.5, 0.6) is 0 Å². The second-order valence-electron chi connectivity index (χ2n) is 8.73. The summed E-state index contributed by atoms with van der Waals surface area (Å²) >= 11 is 0. The molecule has 0 aliphatic heterocycles.